The van der Waals surface area contributed by atoms with E-state index < -0.39 is 24.2 Å². The highest BCUT2D eigenvalue weighted by molar-refractivity contribution is 7.22. The van der Waals surface area contributed by atoms with Crippen LogP contribution >= 0.6 is 0 Å². The van der Waals surface area contributed by atoms with Crippen molar-refractivity contribution in [2.75, 3.05) is 0 Å². The van der Waals surface area contributed by atoms with Crippen molar-refractivity contribution in [2.24, 2.45) is 0 Å². The van der Waals surface area contributed by atoms with Crippen LogP contribution in [0.4, 0.5) is 0 Å². The summed E-state index contributed by atoms with van der Waals surface area (Å²) in [5, 5.41) is 21.9. The highest BCUT2D eigenvalue weighted by Crippen LogP contribution is 2.42. The number of hydrogen-bond acceptors (Lipinski definition) is 3. The van der Waals surface area contributed by atoms with E-state index in [1.54, 1.807) is 0 Å². The van der Waals surface area contributed by atoms with Crippen LogP contribution in [0.3, 0.4) is 0 Å². The minimum atomic E-state index is -3.36. The summed E-state index contributed by atoms with van der Waals surface area (Å²) in [4.78, 5) is 18.1. The van der Waals surface area contributed by atoms with Crippen LogP contribution in [0.5, 0.6) is 0 Å². The van der Waals surface area contributed by atoms with E-state index >= 15 is 0 Å². The lowest BCUT2D eigenvalue weighted by molar-refractivity contribution is 0.894. The Labute approximate surface area is 629 Å². The van der Waals surface area contributed by atoms with Crippen LogP contribution < -0.4 is 62.2 Å². The molecule has 0 aliphatic carbocycles. The van der Waals surface area contributed by atoms with Crippen LogP contribution in [0.1, 0.15) is 0 Å². The third-order valence-corrected chi connectivity index (χ3v) is 36.8. The lowest BCUT2D eigenvalue weighted by Gasteiger charge is -2.38. The number of hydrogen-bond donors (Lipinski definition) is 0. The quantitative estimate of drug-likeness (QED) is 0.0716. The lowest BCUT2D eigenvalue weighted by Crippen LogP contribution is -2.78. The maximum absolute atomic E-state index is 6.13. The molecule has 508 valence electrons. The van der Waals surface area contributed by atoms with E-state index in [9.17, 15) is 0 Å². The Morgan fingerprint density at radius 2 is 0.481 bits per heavy atom. The fourth-order valence-electron chi connectivity index (χ4n) is 18.1. The van der Waals surface area contributed by atoms with Crippen molar-refractivity contribution in [1.29, 1.82) is 0 Å². The van der Waals surface area contributed by atoms with Gasteiger partial charge >= 0.3 is 0 Å². The predicted octanol–water partition coefficient (Wildman–Crippen LogP) is 15.0. The lowest BCUT2D eigenvalue weighted by atomic mass is 10.1. The number of rotatable bonds is 16. The average molecular weight is 1430 g/mol. The van der Waals surface area contributed by atoms with Crippen molar-refractivity contribution >= 4 is 152 Å². The molecule has 0 aliphatic rings. The second-order valence-electron chi connectivity index (χ2n) is 28.1. The highest BCUT2D eigenvalue weighted by atomic mass is 28.3. The molecule has 0 amide bonds. The summed E-state index contributed by atoms with van der Waals surface area (Å²) in [7, 11) is -9.69. The van der Waals surface area contributed by atoms with Gasteiger partial charge in [0, 0.05) is 43.6 Å². The Kier molecular flexibility index (Phi) is 15.8. The second kappa shape index (κ2) is 26.6. The van der Waals surface area contributed by atoms with Gasteiger partial charge in [0.15, 0.2) is 30.0 Å². The van der Waals surface area contributed by atoms with Crippen LogP contribution in [0.15, 0.2) is 425 Å². The van der Waals surface area contributed by atoms with Crippen molar-refractivity contribution in [2.45, 2.75) is 0 Å². The van der Waals surface area contributed by atoms with Crippen molar-refractivity contribution in [1.82, 2.24) is 28.7 Å². The van der Waals surface area contributed by atoms with Gasteiger partial charge in [0.1, 0.15) is 0 Å². The Bertz CT molecular complexity index is 6230. The fourth-order valence-corrected chi connectivity index (χ4v) is 32.7. The molecule has 0 radical (unpaired) electrons. The standard InChI is InChI=1S/C99H70N6Si3/c1-10-38-73(39-11-1)106(74-40-12-2-13-41-74,75-42-14-3-15-43-75)82-56-36-37-72(69-82)103-93-64-35-31-60-89(93)95-94(103)66-65-88-87-59-30-34-63-92(87)105(96(88)95)99-101-97(100-98(102-99)104-90-61-32-28-57-85(90)86-58-29-33-62-91(86)104)71-67-83(107(76-44-16-4-17-45-76,77-46-18-5-19-47-77)78-48-20-6-21-49-78)70-84(68-71)108(79-50-22-7-23-51-79,80-52-24-8-25-53-80)81-54-26-9-27-55-81/h1-70H. The molecular formula is C99H70N6Si3. The number of fused-ring (bicyclic) bond motifs is 10. The van der Waals surface area contributed by atoms with Gasteiger partial charge in [-0.15, -0.1) is 0 Å². The van der Waals surface area contributed by atoms with Gasteiger partial charge in [-0.2, -0.15) is 15.0 Å². The van der Waals surface area contributed by atoms with Crippen molar-refractivity contribution in [3.05, 3.63) is 425 Å². The van der Waals surface area contributed by atoms with E-state index in [-0.39, 0.29) is 0 Å². The molecule has 0 unspecified atom stereocenters. The number of benzene rings is 16. The van der Waals surface area contributed by atoms with E-state index in [0.29, 0.717) is 17.7 Å². The molecule has 0 saturated heterocycles. The van der Waals surface area contributed by atoms with E-state index in [1.165, 1.54) is 62.2 Å². The first-order chi connectivity index (χ1) is 53.6. The minimum absolute atomic E-state index is 0.501. The third-order valence-electron chi connectivity index (χ3n) is 22.5. The first-order valence-corrected chi connectivity index (χ1v) is 43.1. The number of nitrogens with zero attached hydrogens (tertiary/aromatic N) is 6. The Morgan fingerprint density at radius 3 is 0.861 bits per heavy atom. The van der Waals surface area contributed by atoms with E-state index in [4.69, 9.17) is 15.0 Å². The van der Waals surface area contributed by atoms with Crippen LogP contribution in [-0.4, -0.2) is 52.9 Å². The smallest absolute Gasteiger partial charge is 0.240 e. The molecule has 0 atom stereocenters. The topological polar surface area (TPSA) is 53.5 Å². The predicted molar refractivity (Wildman–Crippen MR) is 459 cm³/mol. The largest absolute Gasteiger partial charge is 0.309 e. The van der Waals surface area contributed by atoms with E-state index in [0.717, 1.165) is 76.7 Å². The Hall–Kier alpha value is -13.4. The molecule has 0 spiro atoms. The zero-order valence-electron chi connectivity index (χ0n) is 59.1. The number of aromatic nitrogens is 6. The summed E-state index contributed by atoms with van der Waals surface area (Å²) in [6, 6.07) is 158. The minimum Gasteiger partial charge on any atom is -0.309 e. The first kappa shape index (κ1) is 64.2. The molecule has 0 fully saturated rings. The molecule has 20 aromatic rings. The summed E-state index contributed by atoms with van der Waals surface area (Å²) in [6.45, 7) is 0. The van der Waals surface area contributed by atoms with Crippen molar-refractivity contribution in [3.63, 3.8) is 0 Å². The van der Waals surface area contributed by atoms with E-state index in [2.05, 4.69) is 438 Å². The molecular weight excluding hydrogens is 1360 g/mol. The molecule has 0 bridgehead atoms. The van der Waals surface area contributed by atoms with Gasteiger partial charge in [-0.3, -0.25) is 9.13 Å². The van der Waals surface area contributed by atoms with Gasteiger partial charge in [-0.1, -0.05) is 382 Å². The summed E-state index contributed by atoms with van der Waals surface area (Å²) < 4.78 is 7.12. The normalized spacial score (nSPS) is 12.1. The Balaban J connectivity index is 0.921. The summed E-state index contributed by atoms with van der Waals surface area (Å²) in [5.74, 6) is 1.56. The molecule has 6 nitrogen and oxygen atoms in total. The fraction of sp³-hybridized carbons (Fsp3) is 0. The van der Waals surface area contributed by atoms with Crippen LogP contribution in [0, 0.1) is 0 Å². The van der Waals surface area contributed by atoms with Gasteiger partial charge in [-0.25, -0.2) is 0 Å². The molecule has 9 heteroatoms. The highest BCUT2D eigenvalue weighted by Gasteiger charge is 2.47. The molecule has 0 saturated carbocycles. The van der Waals surface area contributed by atoms with Crippen LogP contribution in [0.25, 0.3) is 94.4 Å². The molecule has 20 rings (SSSR count). The molecule has 0 aliphatic heterocycles. The first-order valence-electron chi connectivity index (χ1n) is 37.1. The summed E-state index contributed by atoms with van der Waals surface area (Å²) in [6.07, 6.45) is 0. The Morgan fingerprint density at radius 1 is 0.185 bits per heavy atom. The molecule has 4 aromatic heterocycles. The van der Waals surface area contributed by atoms with Gasteiger partial charge in [0.2, 0.25) is 11.9 Å². The summed E-state index contributed by atoms with van der Waals surface area (Å²) >= 11 is 0. The molecule has 16 aromatic carbocycles. The molecule has 0 N–H and O–H groups in total. The van der Waals surface area contributed by atoms with Gasteiger partial charge in [-0.05, 0) is 105 Å². The van der Waals surface area contributed by atoms with Crippen molar-refractivity contribution < 1.29 is 0 Å². The number of para-hydroxylation sites is 4. The average Bonchev–Trinajstić information content (AvgIpc) is 1.42. The van der Waals surface area contributed by atoms with Crippen molar-refractivity contribution in [3.8, 4) is 29.0 Å². The maximum Gasteiger partial charge on any atom is 0.240 e. The van der Waals surface area contributed by atoms with Crippen LogP contribution in [0.2, 0.25) is 0 Å². The third kappa shape index (κ3) is 10.1. The van der Waals surface area contributed by atoms with Crippen LogP contribution in [-0.2, 0) is 0 Å². The maximum atomic E-state index is 6.13. The molecule has 108 heavy (non-hydrogen) atoms. The zero-order valence-corrected chi connectivity index (χ0v) is 62.1. The van der Waals surface area contributed by atoms with Gasteiger partial charge in [0.25, 0.3) is 0 Å². The second-order valence-corrected chi connectivity index (χ2v) is 39.5. The zero-order chi connectivity index (χ0) is 71.6. The SMILES string of the molecule is c1ccc([Si](c2ccccc2)(c2ccccc2)c2cccc(-n3c4ccccc4c4c3ccc3c5ccccc5n(-c5nc(-c6cc([Si](c7ccccc7)(c7ccccc7)c7ccccc7)cc([Si](c7ccccc7)(c7ccccc7)c7ccccc7)c6)nc(-n6c7ccccc7c7ccccc76)n5)c34)c2)cc1. The van der Waals surface area contributed by atoms with Gasteiger partial charge < -0.3 is 4.57 Å². The monoisotopic (exact) mass is 1430 g/mol. The molecule has 4 heterocycles. The van der Waals surface area contributed by atoms with Gasteiger partial charge in [0.05, 0.1) is 33.1 Å². The summed E-state index contributed by atoms with van der Waals surface area (Å²) in [5.41, 5.74) is 8.11. The van der Waals surface area contributed by atoms with E-state index in [1.807, 2.05) is 0 Å².